The molecule has 47 heavy (non-hydrogen) atoms. The second-order valence-electron chi connectivity index (χ2n) is 11.9. The van der Waals surface area contributed by atoms with Crippen molar-refractivity contribution in [1.82, 2.24) is 29.2 Å². The van der Waals surface area contributed by atoms with Crippen molar-refractivity contribution in [2.75, 3.05) is 13.7 Å². The number of imidazole rings is 1. The molecule has 6 aromatic rings. The van der Waals surface area contributed by atoms with E-state index in [-0.39, 0.29) is 52.4 Å². The topological polar surface area (TPSA) is 78.1 Å². The van der Waals surface area contributed by atoms with Gasteiger partial charge in [0, 0.05) is 54.2 Å². The molecule has 0 spiro atoms. The lowest BCUT2D eigenvalue weighted by molar-refractivity contribution is -0.129. The molecule has 1 aliphatic heterocycles. The highest BCUT2D eigenvalue weighted by molar-refractivity contribution is 7.17. The number of methoxy groups -OCH3 is 1. The molecule has 2 aromatic carbocycles. The number of aryl methyl sites for hydroxylation is 2. The summed E-state index contributed by atoms with van der Waals surface area (Å²) in [6, 6.07) is 8.96. The van der Waals surface area contributed by atoms with Crippen molar-refractivity contribution >= 4 is 38.4 Å². The van der Waals surface area contributed by atoms with E-state index < -0.39 is 17.5 Å². The largest absolute Gasteiger partial charge is 0.380 e. The Kier molecular flexibility index (Phi) is 7.52. The summed E-state index contributed by atoms with van der Waals surface area (Å²) in [7, 11) is 3.36. The molecule has 0 fully saturated rings. The number of rotatable bonds is 6. The van der Waals surface area contributed by atoms with Gasteiger partial charge in [-0.25, -0.2) is 23.1 Å². The molecular formula is C35H31F3N6O2S. The third-order valence-corrected chi connectivity index (χ3v) is 9.93. The zero-order valence-electron chi connectivity index (χ0n) is 26.4. The van der Waals surface area contributed by atoms with E-state index in [0.717, 1.165) is 40.0 Å². The molecule has 12 heteroatoms. The third kappa shape index (κ3) is 4.85. The minimum Gasteiger partial charge on any atom is -0.380 e. The van der Waals surface area contributed by atoms with Crippen LogP contribution in [0.2, 0.25) is 0 Å². The summed E-state index contributed by atoms with van der Waals surface area (Å²) in [4.78, 5) is 24.2. The molecule has 0 aliphatic carbocycles. The summed E-state index contributed by atoms with van der Waals surface area (Å²) in [6.07, 6.45) is 1.28. The van der Waals surface area contributed by atoms with Crippen molar-refractivity contribution in [3.05, 3.63) is 89.0 Å². The highest BCUT2D eigenvalue weighted by Crippen LogP contribution is 2.47. The number of aromatic nitrogens is 5. The van der Waals surface area contributed by atoms with Crippen LogP contribution in [0, 0.1) is 24.4 Å². The highest BCUT2D eigenvalue weighted by atomic mass is 32.1. The van der Waals surface area contributed by atoms with E-state index in [0.29, 0.717) is 28.2 Å². The summed E-state index contributed by atoms with van der Waals surface area (Å²) in [5.74, 6) is -1.60. The number of pyridine rings is 1. The Balaban J connectivity index is 1.57. The van der Waals surface area contributed by atoms with Crippen LogP contribution in [0.25, 0.3) is 54.9 Å². The van der Waals surface area contributed by atoms with E-state index in [2.05, 4.69) is 11.6 Å². The van der Waals surface area contributed by atoms with Crippen LogP contribution < -0.4 is 0 Å². The third-order valence-electron chi connectivity index (χ3n) is 8.97. The first-order chi connectivity index (χ1) is 22.5. The van der Waals surface area contributed by atoms with Crippen LogP contribution in [0.3, 0.4) is 0 Å². The predicted molar refractivity (Wildman–Crippen MR) is 176 cm³/mol. The van der Waals surface area contributed by atoms with Crippen LogP contribution in [-0.4, -0.2) is 48.8 Å². The molecule has 240 valence electrons. The van der Waals surface area contributed by atoms with Crippen LogP contribution in [0.1, 0.15) is 43.0 Å². The molecule has 0 radical (unpaired) electrons. The molecule has 0 saturated heterocycles. The Morgan fingerprint density at radius 2 is 1.87 bits per heavy atom. The Morgan fingerprint density at radius 3 is 2.62 bits per heavy atom. The summed E-state index contributed by atoms with van der Waals surface area (Å²) < 4.78 is 56.3. The van der Waals surface area contributed by atoms with Crippen molar-refractivity contribution in [3.63, 3.8) is 0 Å². The number of fused-ring (bicyclic) bond motifs is 3. The van der Waals surface area contributed by atoms with E-state index in [9.17, 15) is 9.18 Å². The molecule has 1 aliphatic rings. The van der Waals surface area contributed by atoms with Crippen molar-refractivity contribution in [2.24, 2.45) is 7.05 Å². The van der Waals surface area contributed by atoms with E-state index in [4.69, 9.17) is 14.8 Å². The smallest absolute Gasteiger partial charge is 0.246 e. The first kappa shape index (κ1) is 30.8. The van der Waals surface area contributed by atoms with Gasteiger partial charge in [-0.15, -0.1) is 11.3 Å². The Hall–Kier alpha value is -4.81. The molecule has 7 rings (SSSR count). The molecule has 8 nitrogen and oxygen atoms in total. The van der Waals surface area contributed by atoms with E-state index in [1.807, 2.05) is 55.3 Å². The van der Waals surface area contributed by atoms with E-state index in [1.165, 1.54) is 24.6 Å². The second-order valence-corrected chi connectivity index (χ2v) is 12.7. The lowest BCUT2D eigenvalue weighted by atomic mass is 9.92. The minimum absolute atomic E-state index is 0.0177. The zero-order valence-corrected chi connectivity index (χ0v) is 27.3. The van der Waals surface area contributed by atoms with Crippen LogP contribution in [-0.2, 0) is 23.2 Å². The van der Waals surface area contributed by atoms with Gasteiger partial charge >= 0.3 is 0 Å². The first-order valence-electron chi connectivity index (χ1n) is 15.1. The van der Waals surface area contributed by atoms with Crippen molar-refractivity contribution in [2.45, 2.75) is 39.5 Å². The van der Waals surface area contributed by atoms with Gasteiger partial charge in [0.1, 0.15) is 29.0 Å². The van der Waals surface area contributed by atoms with Gasteiger partial charge in [-0.3, -0.25) is 9.48 Å². The first-order valence-corrected chi connectivity index (χ1v) is 15.9. The van der Waals surface area contributed by atoms with Crippen LogP contribution in [0.15, 0.2) is 54.4 Å². The van der Waals surface area contributed by atoms with E-state index in [1.54, 1.807) is 11.0 Å². The van der Waals surface area contributed by atoms with Crippen LogP contribution in [0.5, 0.6) is 0 Å². The fraction of sp³-hybridized carbons (Fsp3) is 0.257. The van der Waals surface area contributed by atoms with Gasteiger partial charge in [-0.2, -0.15) is 5.10 Å². The number of nitrogens with zero attached hydrogens (tertiary/aromatic N) is 6. The standard InChI is InChI=1S/C35H31F3N6O2S/c1-7-29(45)43-14-17(2)44-28(18(43)3)13-26(41-44)34-32(30-21(15-46-6)10-22(36)12-23(30)37)31-24(38)16-47-35(31)33(40-34)20-8-9-27-25(11-20)39-19(4)42(27)5/h7-13,16-18H,1,14-15H2,2-6H3/t17-,18+/m0/s1. The highest BCUT2D eigenvalue weighted by Gasteiger charge is 2.34. The molecule has 0 bridgehead atoms. The molecule has 2 atom stereocenters. The quantitative estimate of drug-likeness (QED) is 0.170. The molecule has 1 amide bonds. The molecule has 0 saturated carbocycles. The van der Waals surface area contributed by atoms with Gasteiger partial charge < -0.3 is 14.2 Å². The lowest BCUT2D eigenvalue weighted by Crippen LogP contribution is -2.42. The average Bonchev–Trinajstić information content (AvgIpc) is 3.74. The van der Waals surface area contributed by atoms with Gasteiger partial charge in [0.05, 0.1) is 51.5 Å². The number of carbonyl (C=O) groups excluding carboxylic acids is 1. The maximum Gasteiger partial charge on any atom is 0.246 e. The normalized spacial score (nSPS) is 16.3. The number of thiophene rings is 1. The minimum atomic E-state index is -0.876. The number of amides is 1. The van der Waals surface area contributed by atoms with Gasteiger partial charge in [0.15, 0.2) is 0 Å². The number of hydrogen-bond acceptors (Lipinski definition) is 6. The molecule has 4 aromatic heterocycles. The van der Waals surface area contributed by atoms with E-state index >= 15 is 8.78 Å². The van der Waals surface area contributed by atoms with Crippen LogP contribution in [0.4, 0.5) is 13.2 Å². The SMILES string of the molecule is C=CC(=O)N1C[C@H](C)n2nc(-c3nc(-c4ccc5c(c4)nc(C)n5C)c4scc(F)c4c3-c3c(F)cc(F)cc3COC)cc2[C@H]1C. The van der Waals surface area contributed by atoms with Crippen molar-refractivity contribution in [1.29, 1.82) is 0 Å². The summed E-state index contributed by atoms with van der Waals surface area (Å²) >= 11 is 1.15. The Labute approximate surface area is 272 Å². The summed E-state index contributed by atoms with van der Waals surface area (Å²) in [5.41, 5.74) is 4.49. The van der Waals surface area contributed by atoms with Crippen LogP contribution >= 0.6 is 11.3 Å². The maximum absolute atomic E-state index is 16.1. The number of halogens is 3. The second kappa shape index (κ2) is 11.5. The van der Waals surface area contributed by atoms with Crippen molar-refractivity contribution in [3.8, 4) is 33.8 Å². The van der Waals surface area contributed by atoms with Gasteiger partial charge in [-0.1, -0.05) is 12.6 Å². The predicted octanol–water partition coefficient (Wildman–Crippen LogP) is 7.90. The number of carbonyl (C=O) groups is 1. The van der Waals surface area contributed by atoms with Gasteiger partial charge in [-0.05, 0) is 56.7 Å². The summed E-state index contributed by atoms with van der Waals surface area (Å²) in [5, 5.41) is 6.44. The Morgan fingerprint density at radius 1 is 1.09 bits per heavy atom. The van der Waals surface area contributed by atoms with Gasteiger partial charge in [0.25, 0.3) is 0 Å². The molecule has 0 unspecified atom stereocenters. The number of ether oxygens (including phenoxy) is 1. The van der Waals surface area contributed by atoms with Crippen molar-refractivity contribution < 1.29 is 22.7 Å². The fourth-order valence-corrected chi connectivity index (χ4v) is 7.55. The Bertz CT molecular complexity index is 2250. The maximum atomic E-state index is 16.1. The fourth-order valence-electron chi connectivity index (χ4n) is 6.62. The molecular weight excluding hydrogens is 625 g/mol. The monoisotopic (exact) mass is 656 g/mol. The summed E-state index contributed by atoms with van der Waals surface area (Å²) in [6.45, 7) is 9.68. The number of hydrogen-bond donors (Lipinski definition) is 0. The number of benzene rings is 2. The molecule has 5 heterocycles. The zero-order chi connectivity index (χ0) is 33.3. The van der Waals surface area contributed by atoms with Gasteiger partial charge in [0.2, 0.25) is 5.91 Å². The molecule has 0 N–H and O–H groups in total. The lowest BCUT2D eigenvalue weighted by Gasteiger charge is -2.36. The average molecular weight is 657 g/mol.